The van der Waals surface area contributed by atoms with Crippen LogP contribution in [0.15, 0.2) is 17.3 Å². The van der Waals surface area contributed by atoms with Crippen molar-refractivity contribution in [1.82, 2.24) is 9.55 Å². The van der Waals surface area contributed by atoms with Crippen molar-refractivity contribution in [3.05, 3.63) is 17.9 Å². The maximum absolute atomic E-state index is 10.9. The lowest BCUT2D eigenvalue weighted by Crippen LogP contribution is -2.36. The Morgan fingerprint density at radius 3 is 2.73 bits per heavy atom. The Balaban J connectivity index is 2.10. The lowest BCUT2D eigenvalue weighted by atomic mass is 10.0. The van der Waals surface area contributed by atoms with Gasteiger partial charge in [0.1, 0.15) is 18.0 Å². The van der Waals surface area contributed by atoms with Gasteiger partial charge in [-0.3, -0.25) is 14.4 Å². The number of aliphatic hydroxyl groups is 2. The van der Waals surface area contributed by atoms with E-state index in [0.717, 1.165) is 12.6 Å². The number of nitrogen functional groups attached to an aromatic ring is 1. The Morgan fingerprint density at radius 1 is 1.40 bits per heavy atom. The van der Waals surface area contributed by atoms with Crippen LogP contribution >= 0.6 is 6.89 Å². The molecule has 170 valence electrons. The SMILES string of the molecule is C=P(C)(C)CC[C@H]1OC(n2ccc(N)nc2=NCCCCC(C)C(=O)O)[C@H](O)[C@@H]1O. The second-order valence-corrected chi connectivity index (χ2v) is 13.0. The van der Waals surface area contributed by atoms with Gasteiger partial charge in [0.2, 0.25) is 5.62 Å². The van der Waals surface area contributed by atoms with Gasteiger partial charge in [-0.05, 0) is 44.8 Å². The van der Waals surface area contributed by atoms with Crippen LogP contribution in [0.2, 0.25) is 0 Å². The summed E-state index contributed by atoms with van der Waals surface area (Å²) in [7, 11) is 0. The highest BCUT2D eigenvalue weighted by atomic mass is 31.2. The molecule has 30 heavy (non-hydrogen) atoms. The third-order valence-electron chi connectivity index (χ3n) is 5.22. The van der Waals surface area contributed by atoms with Crippen LogP contribution in [0.25, 0.3) is 0 Å². The van der Waals surface area contributed by atoms with Gasteiger partial charge in [-0.2, -0.15) is 4.98 Å². The molecule has 9 nitrogen and oxygen atoms in total. The number of carboxylic acids is 1. The average Bonchev–Trinajstić information content (AvgIpc) is 2.93. The summed E-state index contributed by atoms with van der Waals surface area (Å²) in [5.74, 6) is -0.892. The molecule has 1 aliphatic rings. The minimum absolute atomic E-state index is 0.290. The molecule has 5 atom stereocenters. The Labute approximate surface area is 177 Å². The van der Waals surface area contributed by atoms with E-state index in [9.17, 15) is 15.0 Å². The third-order valence-corrected chi connectivity index (χ3v) is 6.69. The van der Waals surface area contributed by atoms with Crippen LogP contribution in [0.4, 0.5) is 5.82 Å². The van der Waals surface area contributed by atoms with E-state index < -0.39 is 37.4 Å². The maximum atomic E-state index is 10.9. The molecule has 2 heterocycles. The van der Waals surface area contributed by atoms with Crippen molar-refractivity contribution < 1.29 is 24.9 Å². The fraction of sp³-hybridized carbons (Fsp3) is 0.700. The molecule has 0 amide bonds. The number of hydrogen-bond donors (Lipinski definition) is 4. The van der Waals surface area contributed by atoms with Gasteiger partial charge in [-0.15, -0.1) is 13.2 Å². The standard InChI is InChI=1S/C20H35N4O5P/c1-13(19(27)28)7-5-6-10-22-20-23-15(21)8-11-24(20)18-17(26)16(25)14(29-18)9-12-30(2,3)4/h8,11,13-14,16-18,25-26H,2,5-7,9-10,12H2,1,3-4H3,(H,27,28)(H2,21,22,23)/t13?,14-,16-,17-,18?/m1/s1. The van der Waals surface area contributed by atoms with Crippen molar-refractivity contribution in [3.8, 4) is 0 Å². The van der Waals surface area contributed by atoms with Crippen molar-refractivity contribution in [2.24, 2.45) is 10.9 Å². The molecule has 0 bridgehead atoms. The highest BCUT2D eigenvalue weighted by molar-refractivity contribution is 7.72. The molecule has 2 unspecified atom stereocenters. The molecule has 5 N–H and O–H groups in total. The first-order chi connectivity index (χ1) is 14.0. The zero-order valence-corrected chi connectivity index (χ0v) is 18.9. The van der Waals surface area contributed by atoms with Crippen LogP contribution in [0.5, 0.6) is 0 Å². The van der Waals surface area contributed by atoms with Crippen LogP contribution < -0.4 is 11.4 Å². The van der Waals surface area contributed by atoms with Crippen molar-refractivity contribution in [2.45, 2.75) is 57.1 Å². The molecule has 0 saturated carbocycles. The normalized spacial score (nSPS) is 26.1. The summed E-state index contributed by atoms with van der Waals surface area (Å²) in [6.45, 7) is 5.10. The van der Waals surface area contributed by atoms with Crippen LogP contribution in [0, 0.1) is 5.92 Å². The fourth-order valence-corrected chi connectivity index (χ4v) is 4.24. The average molecular weight is 442 g/mol. The molecule has 1 aliphatic heterocycles. The number of nitrogens with two attached hydrogens (primary N) is 1. The van der Waals surface area contributed by atoms with Crippen LogP contribution in [0.3, 0.4) is 0 Å². The van der Waals surface area contributed by atoms with E-state index in [1.54, 1.807) is 23.8 Å². The minimum atomic E-state index is -1.27. The molecule has 1 aromatic rings. The van der Waals surface area contributed by atoms with Gasteiger partial charge in [0.25, 0.3) is 0 Å². The number of aliphatic hydroxyl groups excluding tert-OH is 2. The topological polar surface area (TPSA) is 143 Å². The number of anilines is 1. The van der Waals surface area contributed by atoms with Gasteiger partial charge >= 0.3 is 5.97 Å². The van der Waals surface area contributed by atoms with Crippen molar-refractivity contribution in [2.75, 3.05) is 31.8 Å². The van der Waals surface area contributed by atoms with Gasteiger partial charge in [0, 0.05) is 12.7 Å². The number of hydrogen-bond acceptors (Lipinski definition) is 7. The first-order valence-corrected chi connectivity index (χ1v) is 13.3. The second-order valence-electron chi connectivity index (χ2n) is 8.67. The number of rotatable bonds is 10. The number of carbonyl (C=O) groups is 1. The number of ether oxygens (including phenoxy) is 1. The van der Waals surface area contributed by atoms with Gasteiger partial charge < -0.3 is 25.8 Å². The van der Waals surface area contributed by atoms with Gasteiger partial charge in [0.15, 0.2) is 6.23 Å². The Bertz CT molecular complexity index is 837. The molecule has 10 heteroatoms. The molecule has 2 rings (SSSR count). The highest BCUT2D eigenvalue weighted by Crippen LogP contribution is 2.39. The van der Waals surface area contributed by atoms with E-state index in [-0.39, 0.29) is 11.7 Å². The molecule has 1 aromatic heterocycles. The smallest absolute Gasteiger partial charge is 0.306 e. The Morgan fingerprint density at radius 2 is 2.10 bits per heavy atom. The minimum Gasteiger partial charge on any atom is -0.481 e. The first kappa shape index (κ1) is 24.6. The zero-order chi connectivity index (χ0) is 22.5. The van der Waals surface area contributed by atoms with Gasteiger partial charge in [0.05, 0.1) is 12.0 Å². The summed E-state index contributed by atoms with van der Waals surface area (Å²) in [5, 5.41) is 30.0. The van der Waals surface area contributed by atoms with Crippen molar-refractivity contribution in [1.29, 1.82) is 0 Å². The van der Waals surface area contributed by atoms with E-state index in [4.69, 9.17) is 15.6 Å². The number of carboxylic acid groups (broad SMARTS) is 1. The lowest BCUT2D eigenvalue weighted by Gasteiger charge is -2.19. The molecule has 1 saturated heterocycles. The summed E-state index contributed by atoms with van der Waals surface area (Å²) in [4.78, 5) is 19.6. The molecule has 0 aromatic carbocycles. The number of aromatic nitrogens is 2. The number of unbranched alkanes of at least 4 members (excludes halogenated alkanes) is 1. The molecule has 0 spiro atoms. The van der Waals surface area contributed by atoms with E-state index >= 15 is 0 Å². The van der Waals surface area contributed by atoms with Crippen LogP contribution in [0.1, 0.15) is 38.8 Å². The van der Waals surface area contributed by atoms with E-state index in [1.807, 2.05) is 0 Å². The molecule has 0 radical (unpaired) electrons. The summed E-state index contributed by atoms with van der Waals surface area (Å²) >= 11 is 0. The molecular weight excluding hydrogens is 407 g/mol. The lowest BCUT2D eigenvalue weighted by molar-refractivity contribution is -0.141. The van der Waals surface area contributed by atoms with Crippen molar-refractivity contribution >= 4 is 25.0 Å². The fourth-order valence-electron chi connectivity index (χ4n) is 3.29. The summed E-state index contributed by atoms with van der Waals surface area (Å²) in [6, 6.07) is 1.59. The van der Waals surface area contributed by atoms with Crippen LogP contribution in [-0.2, 0) is 9.53 Å². The Kier molecular flexibility index (Phi) is 8.67. The third kappa shape index (κ3) is 6.94. The summed E-state index contributed by atoms with van der Waals surface area (Å²) in [6.07, 6.45) is 5.91. The highest BCUT2D eigenvalue weighted by Gasteiger charge is 2.43. The van der Waals surface area contributed by atoms with E-state index in [0.29, 0.717) is 31.4 Å². The molecule has 0 aliphatic carbocycles. The number of nitrogens with zero attached hydrogens (tertiary/aromatic N) is 3. The predicted octanol–water partition coefficient (Wildman–Crippen LogP) is 0.976. The summed E-state index contributed by atoms with van der Waals surface area (Å²) < 4.78 is 7.57. The Hall–Kier alpha value is -1.67. The molecule has 1 fully saturated rings. The zero-order valence-electron chi connectivity index (χ0n) is 18.0. The second kappa shape index (κ2) is 10.6. The van der Waals surface area contributed by atoms with Gasteiger partial charge in [-0.1, -0.05) is 13.3 Å². The largest absolute Gasteiger partial charge is 0.481 e. The van der Waals surface area contributed by atoms with Gasteiger partial charge in [-0.25, -0.2) is 0 Å². The number of aliphatic carboxylic acids is 1. The van der Waals surface area contributed by atoms with E-state index in [1.165, 1.54) is 0 Å². The van der Waals surface area contributed by atoms with Crippen molar-refractivity contribution in [3.63, 3.8) is 0 Å². The quantitative estimate of drug-likeness (QED) is 0.312. The maximum Gasteiger partial charge on any atom is 0.306 e. The predicted molar refractivity (Wildman–Crippen MR) is 119 cm³/mol. The van der Waals surface area contributed by atoms with Crippen LogP contribution in [-0.4, -0.2) is 81.5 Å². The summed E-state index contributed by atoms with van der Waals surface area (Å²) in [5.41, 5.74) is 6.12. The molecular formula is C20H35N4O5P. The van der Waals surface area contributed by atoms with E-state index in [2.05, 4.69) is 29.6 Å². The first-order valence-electron chi connectivity index (χ1n) is 10.3. The monoisotopic (exact) mass is 442 g/mol.